The van der Waals surface area contributed by atoms with Crippen LogP contribution < -0.4 is 0 Å². The molecular formula is C15H17ClN2O2. The standard InChI is InChI=1S/C15H17ClN2O2/c16-14(11-6-2-1-3-7-11)15-17-13(18-20-15)10-12-8-4-5-9-19-12/h1-3,6-7,12,14H,4-5,8-10H2. The average Bonchev–Trinajstić information content (AvgIpc) is 2.97. The molecule has 20 heavy (non-hydrogen) atoms. The first-order valence-corrected chi connectivity index (χ1v) is 7.39. The van der Waals surface area contributed by atoms with E-state index in [0.717, 1.165) is 25.0 Å². The van der Waals surface area contributed by atoms with Crippen LogP contribution in [0.1, 0.15) is 41.9 Å². The van der Waals surface area contributed by atoms with Crippen LogP contribution in [0.3, 0.4) is 0 Å². The van der Waals surface area contributed by atoms with Crippen molar-refractivity contribution in [3.8, 4) is 0 Å². The molecule has 1 aliphatic heterocycles. The largest absolute Gasteiger partial charge is 0.378 e. The fourth-order valence-corrected chi connectivity index (χ4v) is 2.62. The predicted octanol–water partition coefficient (Wildman–Crippen LogP) is 3.51. The predicted molar refractivity (Wildman–Crippen MR) is 75.7 cm³/mol. The lowest BCUT2D eigenvalue weighted by atomic mass is 10.1. The highest BCUT2D eigenvalue weighted by molar-refractivity contribution is 6.22. The molecule has 1 saturated heterocycles. The molecule has 0 N–H and O–H groups in total. The fourth-order valence-electron chi connectivity index (χ4n) is 2.39. The summed E-state index contributed by atoms with van der Waals surface area (Å²) in [6, 6.07) is 9.74. The fraction of sp³-hybridized carbons (Fsp3) is 0.467. The average molecular weight is 293 g/mol. The Kier molecular flexibility index (Phi) is 4.33. The summed E-state index contributed by atoms with van der Waals surface area (Å²) in [5.41, 5.74) is 0.957. The highest BCUT2D eigenvalue weighted by atomic mass is 35.5. The highest BCUT2D eigenvalue weighted by Crippen LogP contribution is 2.27. The van der Waals surface area contributed by atoms with Gasteiger partial charge in [0.25, 0.3) is 0 Å². The van der Waals surface area contributed by atoms with Crippen molar-refractivity contribution in [3.05, 3.63) is 47.6 Å². The zero-order valence-electron chi connectivity index (χ0n) is 11.2. The van der Waals surface area contributed by atoms with Gasteiger partial charge in [-0.3, -0.25) is 0 Å². The van der Waals surface area contributed by atoms with E-state index < -0.39 is 5.38 Å². The van der Waals surface area contributed by atoms with Crippen LogP contribution in [0.25, 0.3) is 0 Å². The first-order valence-electron chi connectivity index (χ1n) is 6.96. The van der Waals surface area contributed by atoms with Crippen molar-refractivity contribution in [3.63, 3.8) is 0 Å². The summed E-state index contributed by atoms with van der Waals surface area (Å²) < 4.78 is 11.0. The molecule has 1 aromatic heterocycles. The summed E-state index contributed by atoms with van der Waals surface area (Å²) in [4.78, 5) is 4.39. The molecule has 4 nitrogen and oxygen atoms in total. The minimum atomic E-state index is -0.398. The summed E-state index contributed by atoms with van der Waals surface area (Å²) in [6.07, 6.45) is 4.32. The van der Waals surface area contributed by atoms with Gasteiger partial charge < -0.3 is 9.26 Å². The Morgan fingerprint density at radius 2 is 2.10 bits per heavy atom. The van der Waals surface area contributed by atoms with Crippen molar-refractivity contribution in [2.45, 2.75) is 37.2 Å². The normalized spacial score (nSPS) is 20.8. The maximum absolute atomic E-state index is 6.36. The maximum atomic E-state index is 6.36. The van der Waals surface area contributed by atoms with E-state index in [-0.39, 0.29) is 6.10 Å². The first-order chi connectivity index (χ1) is 9.83. The molecule has 1 aromatic carbocycles. The van der Waals surface area contributed by atoms with E-state index in [1.807, 2.05) is 30.3 Å². The Morgan fingerprint density at radius 1 is 1.25 bits per heavy atom. The molecule has 1 fully saturated rings. The van der Waals surface area contributed by atoms with Gasteiger partial charge in [0, 0.05) is 13.0 Å². The zero-order chi connectivity index (χ0) is 13.8. The van der Waals surface area contributed by atoms with Crippen LogP contribution in [0.15, 0.2) is 34.9 Å². The number of benzene rings is 1. The Balaban J connectivity index is 1.67. The number of hydrogen-bond donors (Lipinski definition) is 0. The number of alkyl halides is 1. The van der Waals surface area contributed by atoms with Crippen molar-refractivity contribution in [1.82, 2.24) is 10.1 Å². The van der Waals surface area contributed by atoms with E-state index in [4.69, 9.17) is 20.9 Å². The van der Waals surface area contributed by atoms with Gasteiger partial charge in [0.1, 0.15) is 5.38 Å². The van der Waals surface area contributed by atoms with Crippen LogP contribution in [0.4, 0.5) is 0 Å². The zero-order valence-corrected chi connectivity index (χ0v) is 11.9. The van der Waals surface area contributed by atoms with Crippen molar-refractivity contribution in [1.29, 1.82) is 0 Å². The molecule has 2 aromatic rings. The van der Waals surface area contributed by atoms with E-state index in [1.54, 1.807) is 0 Å². The third-order valence-electron chi connectivity index (χ3n) is 3.48. The van der Waals surface area contributed by atoms with E-state index >= 15 is 0 Å². The lowest BCUT2D eigenvalue weighted by Crippen LogP contribution is -2.21. The van der Waals surface area contributed by atoms with Crippen LogP contribution in [0.2, 0.25) is 0 Å². The van der Waals surface area contributed by atoms with Crippen LogP contribution in [-0.2, 0) is 11.2 Å². The quantitative estimate of drug-likeness (QED) is 0.809. The van der Waals surface area contributed by atoms with E-state index in [9.17, 15) is 0 Å². The molecule has 0 spiro atoms. The summed E-state index contributed by atoms with van der Waals surface area (Å²) in [5.74, 6) is 1.12. The van der Waals surface area contributed by atoms with Gasteiger partial charge in [-0.1, -0.05) is 35.5 Å². The van der Waals surface area contributed by atoms with Crippen molar-refractivity contribution >= 4 is 11.6 Å². The number of hydrogen-bond acceptors (Lipinski definition) is 4. The van der Waals surface area contributed by atoms with Crippen LogP contribution >= 0.6 is 11.6 Å². The molecule has 106 valence electrons. The van der Waals surface area contributed by atoms with Crippen molar-refractivity contribution in [2.24, 2.45) is 0 Å². The second kappa shape index (κ2) is 6.37. The molecule has 0 bridgehead atoms. The smallest absolute Gasteiger partial charge is 0.249 e. The van der Waals surface area contributed by atoms with Gasteiger partial charge in [0.05, 0.1) is 6.10 Å². The molecule has 0 saturated carbocycles. The van der Waals surface area contributed by atoms with Crippen LogP contribution in [0, 0.1) is 0 Å². The van der Waals surface area contributed by atoms with Gasteiger partial charge in [0.2, 0.25) is 5.89 Å². The van der Waals surface area contributed by atoms with Crippen molar-refractivity contribution < 1.29 is 9.26 Å². The molecule has 5 heteroatoms. The molecule has 2 unspecified atom stereocenters. The second-order valence-electron chi connectivity index (χ2n) is 5.01. The van der Waals surface area contributed by atoms with Crippen LogP contribution in [-0.4, -0.2) is 22.9 Å². The lowest BCUT2D eigenvalue weighted by Gasteiger charge is -2.20. The third kappa shape index (κ3) is 3.19. The van der Waals surface area contributed by atoms with Crippen LogP contribution in [0.5, 0.6) is 0 Å². The number of halogens is 1. The molecule has 2 atom stereocenters. The molecule has 0 aliphatic carbocycles. The molecular weight excluding hydrogens is 276 g/mol. The summed E-state index contributed by atoms with van der Waals surface area (Å²) in [5, 5.41) is 3.61. The molecule has 0 radical (unpaired) electrons. The van der Waals surface area contributed by atoms with Crippen molar-refractivity contribution in [2.75, 3.05) is 6.61 Å². The number of nitrogens with zero attached hydrogens (tertiary/aromatic N) is 2. The molecule has 0 amide bonds. The lowest BCUT2D eigenvalue weighted by molar-refractivity contribution is 0.0153. The van der Waals surface area contributed by atoms with Gasteiger partial charge >= 0.3 is 0 Å². The SMILES string of the molecule is ClC(c1ccccc1)c1nc(CC2CCCCO2)no1. The summed E-state index contributed by atoms with van der Waals surface area (Å²) in [6.45, 7) is 0.831. The highest BCUT2D eigenvalue weighted by Gasteiger charge is 2.21. The Bertz CT molecular complexity index is 538. The Labute approximate surface area is 123 Å². The van der Waals surface area contributed by atoms with E-state index in [1.165, 1.54) is 6.42 Å². The summed E-state index contributed by atoms with van der Waals surface area (Å²) in [7, 11) is 0. The maximum Gasteiger partial charge on any atom is 0.249 e. The Hall–Kier alpha value is -1.39. The minimum Gasteiger partial charge on any atom is -0.378 e. The Morgan fingerprint density at radius 3 is 2.85 bits per heavy atom. The first kappa shape index (κ1) is 13.6. The van der Waals surface area contributed by atoms with Gasteiger partial charge in [0.15, 0.2) is 5.82 Å². The van der Waals surface area contributed by atoms with E-state index in [0.29, 0.717) is 18.1 Å². The van der Waals surface area contributed by atoms with Gasteiger partial charge in [-0.15, -0.1) is 11.6 Å². The monoisotopic (exact) mass is 292 g/mol. The van der Waals surface area contributed by atoms with Gasteiger partial charge in [-0.25, -0.2) is 0 Å². The number of aromatic nitrogens is 2. The second-order valence-corrected chi connectivity index (χ2v) is 5.45. The minimum absolute atomic E-state index is 0.208. The molecule has 1 aliphatic rings. The topological polar surface area (TPSA) is 48.2 Å². The molecule has 3 rings (SSSR count). The van der Waals surface area contributed by atoms with E-state index in [2.05, 4.69) is 10.1 Å². The van der Waals surface area contributed by atoms with Gasteiger partial charge in [-0.2, -0.15) is 4.98 Å². The number of ether oxygens (including phenoxy) is 1. The third-order valence-corrected chi connectivity index (χ3v) is 3.92. The number of rotatable bonds is 4. The summed E-state index contributed by atoms with van der Waals surface area (Å²) >= 11 is 6.36. The molecule has 2 heterocycles. The van der Waals surface area contributed by atoms with Gasteiger partial charge in [-0.05, 0) is 24.8 Å².